The minimum Gasteiger partial charge on any atom is -0.436 e. The molecule has 5 aromatic rings. The molecule has 0 saturated heterocycles. The molecule has 1 amide bonds. The summed E-state index contributed by atoms with van der Waals surface area (Å²) in [6.45, 7) is 0. The van der Waals surface area contributed by atoms with Crippen LogP contribution in [-0.2, 0) is 4.79 Å². The molecule has 1 atom stereocenters. The van der Waals surface area contributed by atoms with Gasteiger partial charge in [-0.1, -0.05) is 48.5 Å². The van der Waals surface area contributed by atoms with E-state index in [0.29, 0.717) is 17.3 Å². The summed E-state index contributed by atoms with van der Waals surface area (Å²) in [5.41, 5.74) is 10.6. The zero-order valence-corrected chi connectivity index (χ0v) is 18.5. The van der Waals surface area contributed by atoms with E-state index in [1.807, 2.05) is 103 Å². The van der Waals surface area contributed by atoms with Gasteiger partial charge in [0.15, 0.2) is 5.58 Å². The average molecular weight is 452 g/mol. The highest BCUT2D eigenvalue weighted by Gasteiger charge is 2.22. The molecular weight excluding hydrogens is 430 g/mol. The highest BCUT2D eigenvalue weighted by Crippen LogP contribution is 2.37. The molecule has 0 aliphatic rings. The van der Waals surface area contributed by atoms with Crippen molar-refractivity contribution in [2.24, 2.45) is 0 Å². The van der Waals surface area contributed by atoms with Crippen LogP contribution in [0, 0.1) is 0 Å². The van der Waals surface area contributed by atoms with Crippen molar-refractivity contribution in [3.8, 4) is 11.5 Å². The molecule has 0 fully saturated rings. The van der Waals surface area contributed by atoms with E-state index < -0.39 is 5.25 Å². The van der Waals surface area contributed by atoms with Crippen LogP contribution in [0.3, 0.4) is 0 Å². The third-order valence-electron chi connectivity index (χ3n) is 5.15. The van der Waals surface area contributed by atoms with Gasteiger partial charge in [0.05, 0.1) is 0 Å². The van der Waals surface area contributed by atoms with Crippen LogP contribution in [0.1, 0.15) is 10.8 Å². The number of nitrogens with zero attached hydrogens (tertiary/aromatic N) is 1. The van der Waals surface area contributed by atoms with Crippen LogP contribution < -0.4 is 11.1 Å². The Morgan fingerprint density at radius 2 is 1.64 bits per heavy atom. The number of thioether (sulfide) groups is 1. The van der Waals surface area contributed by atoms with Gasteiger partial charge in [-0.15, -0.1) is 11.8 Å². The fourth-order valence-electron chi connectivity index (χ4n) is 3.52. The maximum Gasteiger partial charge on any atom is 0.242 e. The number of aromatic nitrogens is 1. The van der Waals surface area contributed by atoms with E-state index in [1.165, 1.54) is 11.8 Å². The number of nitrogen functional groups attached to an aromatic ring is 1. The van der Waals surface area contributed by atoms with Crippen molar-refractivity contribution in [2.45, 2.75) is 10.1 Å². The number of hydrogen-bond donors (Lipinski definition) is 2. The third kappa shape index (κ3) is 4.76. The molecule has 0 aliphatic heterocycles. The lowest BCUT2D eigenvalue weighted by Crippen LogP contribution is -2.19. The van der Waals surface area contributed by atoms with Gasteiger partial charge in [0.1, 0.15) is 10.8 Å². The lowest BCUT2D eigenvalue weighted by atomic mass is 10.1. The fraction of sp³-hybridized carbons (Fsp3) is 0.0370. The fourth-order valence-corrected chi connectivity index (χ4v) is 4.62. The number of para-hydroxylation sites is 2. The quantitative estimate of drug-likeness (QED) is 0.226. The van der Waals surface area contributed by atoms with Crippen LogP contribution in [0.4, 0.5) is 11.4 Å². The lowest BCUT2D eigenvalue weighted by Gasteiger charge is -2.17. The van der Waals surface area contributed by atoms with E-state index in [-0.39, 0.29) is 5.91 Å². The molecule has 0 radical (unpaired) electrons. The maximum absolute atomic E-state index is 13.3. The van der Waals surface area contributed by atoms with E-state index in [0.717, 1.165) is 27.1 Å². The highest BCUT2D eigenvalue weighted by atomic mass is 32.2. The second-order valence-corrected chi connectivity index (χ2v) is 8.71. The number of hydrogen-bond acceptors (Lipinski definition) is 5. The molecule has 1 unspecified atom stereocenters. The van der Waals surface area contributed by atoms with E-state index in [2.05, 4.69) is 10.3 Å². The summed E-state index contributed by atoms with van der Waals surface area (Å²) < 4.78 is 5.84. The van der Waals surface area contributed by atoms with Gasteiger partial charge in [0.25, 0.3) is 0 Å². The van der Waals surface area contributed by atoms with Crippen molar-refractivity contribution in [1.29, 1.82) is 0 Å². The van der Waals surface area contributed by atoms with Crippen LogP contribution in [-0.4, -0.2) is 10.9 Å². The summed E-state index contributed by atoms with van der Waals surface area (Å²) in [7, 11) is 0. The highest BCUT2D eigenvalue weighted by molar-refractivity contribution is 8.00. The van der Waals surface area contributed by atoms with Crippen LogP contribution in [0.25, 0.3) is 22.6 Å². The van der Waals surface area contributed by atoms with Gasteiger partial charge >= 0.3 is 0 Å². The first-order valence-corrected chi connectivity index (χ1v) is 11.4. The standard InChI is InChI=1S/C27H21N3O2S/c28-20-9-6-10-22(17-20)33-25(18-7-2-1-3-8-18)26(31)29-21-15-13-19(14-16-21)27-30-23-11-4-5-12-24(23)32-27/h1-17,25H,28H2,(H,29,31). The first-order chi connectivity index (χ1) is 16.2. The number of nitrogens with two attached hydrogens (primary N) is 1. The Balaban J connectivity index is 1.36. The van der Waals surface area contributed by atoms with Crippen molar-refractivity contribution >= 4 is 40.1 Å². The summed E-state index contributed by atoms with van der Waals surface area (Å²) in [5, 5.41) is 2.61. The van der Waals surface area contributed by atoms with Gasteiger partial charge in [-0.2, -0.15) is 0 Å². The zero-order chi connectivity index (χ0) is 22.6. The molecule has 0 spiro atoms. The molecular formula is C27H21N3O2S. The monoisotopic (exact) mass is 451 g/mol. The van der Waals surface area contributed by atoms with Crippen molar-refractivity contribution in [2.75, 3.05) is 11.1 Å². The number of carbonyl (C=O) groups is 1. The molecule has 33 heavy (non-hydrogen) atoms. The zero-order valence-electron chi connectivity index (χ0n) is 17.6. The Morgan fingerprint density at radius 3 is 2.39 bits per heavy atom. The number of amides is 1. The Bertz CT molecular complexity index is 1370. The van der Waals surface area contributed by atoms with Crippen molar-refractivity contribution in [1.82, 2.24) is 4.98 Å². The normalized spacial score (nSPS) is 11.9. The first-order valence-electron chi connectivity index (χ1n) is 10.5. The van der Waals surface area contributed by atoms with Crippen molar-refractivity contribution < 1.29 is 9.21 Å². The predicted molar refractivity (Wildman–Crippen MR) is 134 cm³/mol. The lowest BCUT2D eigenvalue weighted by molar-refractivity contribution is -0.115. The molecule has 5 rings (SSSR count). The molecule has 1 heterocycles. The van der Waals surface area contributed by atoms with Crippen molar-refractivity contribution in [3.05, 3.63) is 109 Å². The number of nitrogens with one attached hydrogen (secondary N) is 1. The molecule has 5 nitrogen and oxygen atoms in total. The number of fused-ring (bicyclic) bond motifs is 1. The van der Waals surface area contributed by atoms with Gasteiger partial charge in [-0.25, -0.2) is 4.98 Å². The molecule has 3 N–H and O–H groups in total. The Kier molecular flexibility index (Phi) is 5.83. The van der Waals surface area contributed by atoms with E-state index in [9.17, 15) is 4.79 Å². The first kappa shape index (κ1) is 20.8. The van der Waals surface area contributed by atoms with Gasteiger partial charge in [0.2, 0.25) is 11.8 Å². The van der Waals surface area contributed by atoms with Gasteiger partial charge in [0, 0.05) is 21.8 Å². The van der Waals surface area contributed by atoms with E-state index >= 15 is 0 Å². The Morgan fingerprint density at radius 1 is 0.879 bits per heavy atom. The molecule has 0 bridgehead atoms. The second kappa shape index (κ2) is 9.22. The molecule has 162 valence electrons. The van der Waals surface area contributed by atoms with Gasteiger partial charge < -0.3 is 15.5 Å². The summed E-state index contributed by atoms with van der Waals surface area (Å²) in [6, 6.07) is 32.4. The summed E-state index contributed by atoms with van der Waals surface area (Å²) >= 11 is 1.47. The number of carbonyl (C=O) groups excluding carboxylic acids is 1. The average Bonchev–Trinajstić information content (AvgIpc) is 3.28. The Labute approximate surface area is 195 Å². The minimum absolute atomic E-state index is 0.108. The van der Waals surface area contributed by atoms with E-state index in [4.69, 9.17) is 10.2 Å². The summed E-state index contributed by atoms with van der Waals surface area (Å²) in [4.78, 5) is 18.7. The molecule has 0 aliphatic carbocycles. The molecule has 4 aromatic carbocycles. The summed E-state index contributed by atoms with van der Waals surface area (Å²) in [6.07, 6.45) is 0. The summed E-state index contributed by atoms with van der Waals surface area (Å²) in [5.74, 6) is 0.441. The third-order valence-corrected chi connectivity index (χ3v) is 6.39. The van der Waals surface area contributed by atoms with Gasteiger partial charge in [-0.3, -0.25) is 4.79 Å². The molecule has 6 heteroatoms. The largest absolute Gasteiger partial charge is 0.436 e. The van der Waals surface area contributed by atoms with Crippen LogP contribution >= 0.6 is 11.8 Å². The van der Waals surface area contributed by atoms with Gasteiger partial charge in [-0.05, 0) is 60.2 Å². The van der Waals surface area contributed by atoms with E-state index in [1.54, 1.807) is 0 Å². The predicted octanol–water partition coefficient (Wildman–Crippen LogP) is 6.55. The SMILES string of the molecule is Nc1cccc(SC(C(=O)Nc2ccc(-c3nc4ccccc4o3)cc2)c2ccccc2)c1. The number of oxazole rings is 1. The molecule has 1 aromatic heterocycles. The molecule has 0 saturated carbocycles. The second-order valence-electron chi connectivity index (χ2n) is 7.53. The minimum atomic E-state index is -0.426. The Hall–Kier alpha value is -4.03. The number of rotatable bonds is 6. The smallest absolute Gasteiger partial charge is 0.242 e. The van der Waals surface area contributed by atoms with Crippen LogP contribution in [0.2, 0.25) is 0 Å². The number of benzene rings is 4. The maximum atomic E-state index is 13.3. The van der Waals surface area contributed by atoms with Crippen LogP contribution in [0.5, 0.6) is 0 Å². The topological polar surface area (TPSA) is 81.2 Å². The number of anilines is 2. The van der Waals surface area contributed by atoms with Crippen molar-refractivity contribution in [3.63, 3.8) is 0 Å². The van der Waals surface area contributed by atoms with Crippen LogP contribution in [0.15, 0.2) is 112 Å².